The molecular formula is C29H25N3O7. The maximum absolute atomic E-state index is 13.1. The quantitative estimate of drug-likeness (QED) is 0.364. The minimum Gasteiger partial charge on any atom is -0.508 e. The van der Waals surface area contributed by atoms with Crippen molar-refractivity contribution in [2.75, 3.05) is 20.4 Å². The molecule has 2 amide bonds. The molecule has 0 spiro atoms. The molecule has 1 aromatic heterocycles. The number of nitrogens with one attached hydrogen (secondary N) is 1. The molecule has 1 saturated heterocycles. The van der Waals surface area contributed by atoms with Gasteiger partial charge in [-0.15, -0.1) is 0 Å². The Balaban J connectivity index is 0.000000235. The number of hydrogen-bond donors (Lipinski definition) is 3. The normalized spacial score (nSPS) is 19.3. The second-order valence-electron chi connectivity index (χ2n) is 9.65. The maximum atomic E-state index is 13.1. The maximum Gasteiger partial charge on any atom is 0.335 e. The van der Waals surface area contributed by atoms with Crippen LogP contribution in [0.1, 0.15) is 33.2 Å². The fourth-order valence-electron chi connectivity index (χ4n) is 5.44. The van der Waals surface area contributed by atoms with Crippen LogP contribution in [-0.2, 0) is 16.0 Å². The number of benzene rings is 3. The summed E-state index contributed by atoms with van der Waals surface area (Å²) in [5.74, 6) is 0.370. The van der Waals surface area contributed by atoms with E-state index in [9.17, 15) is 14.4 Å². The molecule has 0 radical (unpaired) electrons. The van der Waals surface area contributed by atoms with Gasteiger partial charge >= 0.3 is 5.97 Å². The number of hydrogen-bond acceptors (Lipinski definition) is 6. The van der Waals surface area contributed by atoms with E-state index in [-0.39, 0.29) is 42.5 Å². The lowest BCUT2D eigenvalue weighted by Crippen LogP contribution is -2.62. The summed E-state index contributed by atoms with van der Waals surface area (Å²) in [5, 5.41) is 18.2. The molecule has 2 atom stereocenters. The SMILES string of the molecule is CN1CC(=O)N2[C@H](c3ccc4c(c3)OCO4)c3[nH]c4ccccc4c3C[C@@H]2C1=O.O=C(O)c1ccc(O)cc1. The number of aromatic hydroxyl groups is 1. The third kappa shape index (κ3) is 4.19. The van der Waals surface area contributed by atoms with Crippen molar-refractivity contribution in [1.82, 2.24) is 14.8 Å². The van der Waals surface area contributed by atoms with Gasteiger partial charge in [0, 0.05) is 30.1 Å². The van der Waals surface area contributed by atoms with Crippen LogP contribution in [-0.4, -0.2) is 69.2 Å². The number of carboxylic acids is 1. The molecule has 0 aliphatic carbocycles. The molecule has 4 heterocycles. The lowest BCUT2D eigenvalue weighted by molar-refractivity contribution is -0.157. The first kappa shape index (κ1) is 24.4. The topological polar surface area (TPSA) is 132 Å². The highest BCUT2D eigenvalue weighted by molar-refractivity contribution is 5.97. The summed E-state index contributed by atoms with van der Waals surface area (Å²) in [4.78, 5) is 43.1. The molecule has 0 bridgehead atoms. The molecule has 3 aromatic carbocycles. The van der Waals surface area contributed by atoms with Crippen molar-refractivity contribution < 1.29 is 34.1 Å². The van der Waals surface area contributed by atoms with Gasteiger partial charge in [-0.25, -0.2) is 4.79 Å². The van der Waals surface area contributed by atoms with Crippen LogP contribution in [0.25, 0.3) is 10.9 Å². The number of phenols is 1. The van der Waals surface area contributed by atoms with E-state index in [0.29, 0.717) is 17.9 Å². The monoisotopic (exact) mass is 527 g/mol. The molecule has 1 fully saturated rings. The summed E-state index contributed by atoms with van der Waals surface area (Å²) >= 11 is 0. The Labute approximate surface area is 223 Å². The average Bonchev–Trinajstić information content (AvgIpc) is 3.55. The molecule has 39 heavy (non-hydrogen) atoms. The first-order valence-corrected chi connectivity index (χ1v) is 12.4. The second-order valence-corrected chi connectivity index (χ2v) is 9.65. The number of para-hydroxylation sites is 1. The van der Waals surface area contributed by atoms with Crippen LogP contribution in [0.3, 0.4) is 0 Å². The van der Waals surface area contributed by atoms with Crippen LogP contribution in [0.2, 0.25) is 0 Å². The molecule has 10 heteroatoms. The highest BCUT2D eigenvalue weighted by atomic mass is 16.7. The van der Waals surface area contributed by atoms with Crippen LogP contribution in [0.5, 0.6) is 17.2 Å². The molecule has 0 saturated carbocycles. The van der Waals surface area contributed by atoms with Crippen LogP contribution >= 0.6 is 0 Å². The average molecular weight is 528 g/mol. The second kappa shape index (κ2) is 9.39. The summed E-state index contributed by atoms with van der Waals surface area (Å²) in [6, 6.07) is 18.3. The van der Waals surface area contributed by atoms with Crippen molar-refractivity contribution in [2.45, 2.75) is 18.5 Å². The van der Waals surface area contributed by atoms with Crippen molar-refractivity contribution in [1.29, 1.82) is 0 Å². The lowest BCUT2D eigenvalue weighted by Gasteiger charge is -2.46. The van der Waals surface area contributed by atoms with E-state index in [4.69, 9.17) is 19.7 Å². The number of carbonyl (C=O) groups excluding carboxylic acids is 2. The number of piperazine rings is 1. The number of aromatic carboxylic acids is 1. The van der Waals surface area contributed by atoms with E-state index < -0.39 is 12.0 Å². The molecule has 10 nitrogen and oxygen atoms in total. The van der Waals surface area contributed by atoms with Crippen molar-refractivity contribution in [3.8, 4) is 17.2 Å². The van der Waals surface area contributed by atoms with Gasteiger partial charge in [-0.3, -0.25) is 9.59 Å². The molecule has 198 valence electrons. The van der Waals surface area contributed by atoms with Crippen molar-refractivity contribution in [3.63, 3.8) is 0 Å². The minimum atomic E-state index is -0.986. The molecular weight excluding hydrogens is 502 g/mol. The van der Waals surface area contributed by atoms with Gasteiger partial charge in [0.2, 0.25) is 18.6 Å². The Morgan fingerprint density at radius 2 is 1.74 bits per heavy atom. The van der Waals surface area contributed by atoms with Crippen LogP contribution in [0.4, 0.5) is 0 Å². The zero-order chi connectivity index (χ0) is 27.3. The van der Waals surface area contributed by atoms with E-state index in [1.54, 1.807) is 11.9 Å². The fraction of sp³-hybridized carbons (Fsp3) is 0.207. The van der Waals surface area contributed by atoms with E-state index >= 15 is 0 Å². The third-order valence-corrected chi connectivity index (χ3v) is 7.28. The zero-order valence-electron chi connectivity index (χ0n) is 21.0. The van der Waals surface area contributed by atoms with Gasteiger partial charge in [-0.2, -0.15) is 0 Å². The van der Waals surface area contributed by atoms with Gasteiger partial charge in [0.05, 0.1) is 18.2 Å². The van der Waals surface area contributed by atoms with Gasteiger partial charge in [0.1, 0.15) is 11.8 Å². The van der Waals surface area contributed by atoms with E-state index in [1.165, 1.54) is 29.2 Å². The molecule has 4 aromatic rings. The molecule has 3 N–H and O–H groups in total. The number of fused-ring (bicyclic) bond motifs is 5. The van der Waals surface area contributed by atoms with Gasteiger partial charge in [0.25, 0.3) is 0 Å². The molecule has 3 aliphatic heterocycles. The summed E-state index contributed by atoms with van der Waals surface area (Å²) in [6.45, 7) is 0.279. The number of aromatic amines is 1. The number of carboxylic acid groups (broad SMARTS) is 1. The first-order valence-electron chi connectivity index (χ1n) is 12.4. The Kier molecular flexibility index (Phi) is 5.86. The number of aromatic nitrogens is 1. The van der Waals surface area contributed by atoms with Crippen molar-refractivity contribution in [2.24, 2.45) is 0 Å². The predicted octanol–water partition coefficient (Wildman–Crippen LogP) is 3.30. The molecule has 7 rings (SSSR count). The third-order valence-electron chi connectivity index (χ3n) is 7.28. The number of ether oxygens (including phenoxy) is 2. The van der Waals surface area contributed by atoms with E-state index in [1.807, 2.05) is 36.4 Å². The summed E-state index contributed by atoms with van der Waals surface area (Å²) < 4.78 is 11.0. The van der Waals surface area contributed by atoms with Crippen LogP contribution in [0, 0.1) is 0 Å². The van der Waals surface area contributed by atoms with Crippen molar-refractivity contribution >= 4 is 28.7 Å². The van der Waals surface area contributed by atoms with Gasteiger partial charge in [-0.1, -0.05) is 24.3 Å². The summed E-state index contributed by atoms with van der Waals surface area (Å²) in [5.41, 5.74) is 4.15. The molecule has 0 unspecified atom stereocenters. The Hall–Kier alpha value is -4.99. The number of H-pyrrole nitrogens is 1. The number of carbonyl (C=O) groups is 3. The number of rotatable bonds is 2. The van der Waals surface area contributed by atoms with Gasteiger partial charge in [0.15, 0.2) is 11.5 Å². The highest BCUT2D eigenvalue weighted by Gasteiger charge is 2.47. The smallest absolute Gasteiger partial charge is 0.335 e. The lowest BCUT2D eigenvalue weighted by atomic mass is 9.86. The first-order chi connectivity index (χ1) is 18.8. The summed E-state index contributed by atoms with van der Waals surface area (Å²) in [7, 11) is 1.69. The van der Waals surface area contributed by atoms with Gasteiger partial charge in [-0.05, 0) is 53.6 Å². The van der Waals surface area contributed by atoms with Gasteiger partial charge < -0.3 is 34.5 Å². The van der Waals surface area contributed by atoms with Crippen LogP contribution in [0.15, 0.2) is 66.7 Å². The van der Waals surface area contributed by atoms with Crippen LogP contribution < -0.4 is 9.47 Å². The van der Waals surface area contributed by atoms with E-state index in [2.05, 4.69) is 11.1 Å². The minimum absolute atomic E-state index is 0.0220. The highest BCUT2D eigenvalue weighted by Crippen LogP contribution is 2.44. The van der Waals surface area contributed by atoms with E-state index in [0.717, 1.165) is 27.7 Å². The number of nitrogens with zero attached hydrogens (tertiary/aromatic N) is 2. The Bertz CT molecular complexity index is 1610. The predicted molar refractivity (Wildman–Crippen MR) is 140 cm³/mol. The van der Waals surface area contributed by atoms with Crippen molar-refractivity contribution in [3.05, 3.63) is 89.1 Å². The Morgan fingerprint density at radius 3 is 2.51 bits per heavy atom. The fourth-order valence-corrected chi connectivity index (χ4v) is 5.44. The Morgan fingerprint density at radius 1 is 1.00 bits per heavy atom. The standard InChI is InChI=1S/C22H19N3O4.C7H6O3/c1-24-10-19(26)25-16(22(24)27)9-14-13-4-2-3-5-15(13)23-20(14)21(25)12-6-7-17-18(8-12)29-11-28-17;8-6-3-1-5(2-4-6)7(9)10/h2-8,16,21,23H,9-11H2,1H3;1-4,8H,(H,9,10)/t16-,21-;/m1./s1. The number of phenolic OH excluding ortho intramolecular Hbond substituents is 1. The summed E-state index contributed by atoms with van der Waals surface area (Å²) in [6.07, 6.45) is 0.509. The molecule has 3 aliphatic rings. The number of amides is 2. The number of likely N-dealkylation sites (N-methyl/N-ethyl adjacent to an activating group) is 1. The largest absolute Gasteiger partial charge is 0.508 e. The zero-order valence-corrected chi connectivity index (χ0v) is 21.0.